The highest BCUT2D eigenvalue weighted by atomic mass is 19.1. The molecule has 1 aromatic heterocycles. The van der Waals surface area contributed by atoms with Crippen molar-refractivity contribution in [2.45, 2.75) is 50.9 Å². The highest BCUT2D eigenvalue weighted by molar-refractivity contribution is 5.88. The first kappa shape index (κ1) is 21.0. The number of carboxylic acid groups (broad SMARTS) is 1. The highest BCUT2D eigenvalue weighted by Crippen LogP contribution is 2.52. The smallest absolute Gasteiger partial charge is 0.335 e. The summed E-state index contributed by atoms with van der Waals surface area (Å²) in [5, 5.41) is 10.4. The molecule has 0 radical (unpaired) electrons. The van der Waals surface area contributed by atoms with Crippen molar-refractivity contribution >= 4 is 16.9 Å². The van der Waals surface area contributed by atoms with E-state index in [0.29, 0.717) is 25.9 Å². The second-order valence-corrected chi connectivity index (χ2v) is 9.32. The maximum atomic E-state index is 15.9. The summed E-state index contributed by atoms with van der Waals surface area (Å²) in [5.74, 6) is 0.0544. The van der Waals surface area contributed by atoms with Gasteiger partial charge >= 0.3 is 5.97 Å². The molecule has 1 unspecified atom stereocenters. The molecule has 2 heterocycles. The number of methoxy groups -OCH3 is 1. The largest absolute Gasteiger partial charge is 0.496 e. The topological polar surface area (TPSA) is 65.6 Å². The highest BCUT2D eigenvalue weighted by Gasteiger charge is 2.50. The molecular formula is C26H29FN2O3. The Bertz CT molecular complexity index is 1150. The Kier molecular flexibility index (Phi) is 5.20. The van der Waals surface area contributed by atoms with Crippen molar-refractivity contribution in [1.82, 2.24) is 9.88 Å². The summed E-state index contributed by atoms with van der Waals surface area (Å²) < 4.78 is 21.6. The van der Waals surface area contributed by atoms with E-state index in [0.717, 1.165) is 46.2 Å². The number of ether oxygens (including phenoxy) is 1. The number of carboxylic acids is 1. The minimum Gasteiger partial charge on any atom is -0.496 e. The Hall–Kier alpha value is -2.86. The van der Waals surface area contributed by atoms with Crippen LogP contribution in [0.15, 0.2) is 42.6 Å². The number of aromatic amines is 1. The lowest BCUT2D eigenvalue weighted by molar-refractivity contribution is -0.00257. The van der Waals surface area contributed by atoms with Crippen LogP contribution >= 0.6 is 0 Å². The summed E-state index contributed by atoms with van der Waals surface area (Å²) in [6.07, 6.45) is 4.85. The van der Waals surface area contributed by atoms with Crippen LogP contribution in [0.3, 0.4) is 0 Å². The van der Waals surface area contributed by atoms with Crippen LogP contribution in [0.2, 0.25) is 0 Å². The number of halogens is 1. The van der Waals surface area contributed by atoms with E-state index in [2.05, 4.69) is 28.9 Å². The molecule has 0 bridgehead atoms. The molecule has 3 aromatic rings. The van der Waals surface area contributed by atoms with E-state index in [1.165, 1.54) is 0 Å². The van der Waals surface area contributed by atoms with Crippen molar-refractivity contribution < 1.29 is 19.0 Å². The number of hydrogen-bond donors (Lipinski definition) is 2. The molecule has 6 heteroatoms. The normalized spacial score (nSPS) is 24.0. The van der Waals surface area contributed by atoms with Crippen molar-refractivity contribution in [3.8, 4) is 5.75 Å². The van der Waals surface area contributed by atoms with Crippen LogP contribution in [0.25, 0.3) is 10.9 Å². The monoisotopic (exact) mass is 436 g/mol. The number of carbonyl (C=O) groups is 1. The van der Waals surface area contributed by atoms with Crippen LogP contribution in [0, 0.1) is 12.8 Å². The van der Waals surface area contributed by atoms with Crippen LogP contribution in [0.1, 0.15) is 58.8 Å². The zero-order valence-electron chi connectivity index (χ0n) is 18.5. The zero-order valence-corrected chi connectivity index (χ0v) is 18.5. The van der Waals surface area contributed by atoms with Gasteiger partial charge in [0.15, 0.2) is 0 Å². The maximum Gasteiger partial charge on any atom is 0.335 e. The molecule has 2 atom stereocenters. The minimum atomic E-state index is -1.15. The Labute approximate surface area is 187 Å². The predicted molar refractivity (Wildman–Crippen MR) is 122 cm³/mol. The fourth-order valence-electron chi connectivity index (χ4n) is 5.36. The summed E-state index contributed by atoms with van der Waals surface area (Å²) >= 11 is 0. The first-order valence-corrected chi connectivity index (χ1v) is 11.3. The summed E-state index contributed by atoms with van der Waals surface area (Å²) in [6, 6.07) is 11.0. The average molecular weight is 437 g/mol. The molecule has 2 fully saturated rings. The summed E-state index contributed by atoms with van der Waals surface area (Å²) in [6.45, 7) is 3.36. The van der Waals surface area contributed by atoms with Crippen molar-refractivity contribution in [2.24, 2.45) is 5.92 Å². The van der Waals surface area contributed by atoms with E-state index in [1.807, 2.05) is 18.3 Å². The molecule has 5 rings (SSSR count). The number of alkyl halides is 1. The summed E-state index contributed by atoms with van der Waals surface area (Å²) in [4.78, 5) is 17.0. The van der Waals surface area contributed by atoms with E-state index < -0.39 is 11.6 Å². The van der Waals surface area contributed by atoms with Gasteiger partial charge in [0.1, 0.15) is 11.4 Å². The van der Waals surface area contributed by atoms with Gasteiger partial charge in [-0.1, -0.05) is 12.1 Å². The number of rotatable bonds is 6. The predicted octanol–water partition coefficient (Wildman–Crippen LogP) is 5.64. The Morgan fingerprint density at radius 2 is 2.03 bits per heavy atom. The van der Waals surface area contributed by atoms with Gasteiger partial charge in [0.2, 0.25) is 0 Å². The second-order valence-electron chi connectivity index (χ2n) is 9.32. The number of piperidine rings is 1. The third-order valence-electron chi connectivity index (χ3n) is 7.33. The minimum absolute atomic E-state index is 0.114. The van der Waals surface area contributed by atoms with Gasteiger partial charge in [0.25, 0.3) is 0 Å². The lowest BCUT2D eigenvalue weighted by Crippen LogP contribution is -2.44. The fraction of sp³-hybridized carbons (Fsp3) is 0.423. The molecule has 168 valence electrons. The van der Waals surface area contributed by atoms with Gasteiger partial charge in [0.05, 0.1) is 12.7 Å². The number of nitrogens with one attached hydrogen (secondary N) is 1. The number of H-pyrrole nitrogens is 1. The SMILES string of the molecule is COc1cc(C)c2[nH]ccc2c1CN1CCC(F)(C2CC2)C[C@H]1c1ccc(C(=O)O)cc1. The Morgan fingerprint density at radius 1 is 1.28 bits per heavy atom. The van der Waals surface area contributed by atoms with Gasteiger partial charge in [-0.05, 0) is 67.5 Å². The van der Waals surface area contributed by atoms with E-state index >= 15 is 4.39 Å². The van der Waals surface area contributed by atoms with Crippen LogP contribution in [0.5, 0.6) is 5.75 Å². The van der Waals surface area contributed by atoms with Gasteiger partial charge in [-0.25, -0.2) is 9.18 Å². The number of fused-ring (bicyclic) bond motifs is 1. The Morgan fingerprint density at radius 3 is 2.69 bits per heavy atom. The van der Waals surface area contributed by atoms with Crippen molar-refractivity contribution in [3.63, 3.8) is 0 Å². The lowest BCUT2D eigenvalue weighted by atomic mass is 9.81. The maximum absolute atomic E-state index is 15.9. The number of aromatic nitrogens is 1. The van der Waals surface area contributed by atoms with Crippen LogP contribution < -0.4 is 4.74 Å². The summed E-state index contributed by atoms with van der Waals surface area (Å²) in [7, 11) is 1.69. The fourth-order valence-corrected chi connectivity index (χ4v) is 5.36. The second kappa shape index (κ2) is 7.93. The van der Waals surface area contributed by atoms with Gasteiger partial charge in [-0.3, -0.25) is 4.90 Å². The van der Waals surface area contributed by atoms with Gasteiger partial charge in [-0.15, -0.1) is 0 Å². The number of hydrogen-bond acceptors (Lipinski definition) is 3. The average Bonchev–Trinajstić information content (AvgIpc) is 3.54. The van der Waals surface area contributed by atoms with E-state index in [9.17, 15) is 9.90 Å². The van der Waals surface area contributed by atoms with Crippen LogP contribution in [0.4, 0.5) is 4.39 Å². The first-order valence-electron chi connectivity index (χ1n) is 11.3. The van der Waals surface area contributed by atoms with Crippen molar-refractivity contribution in [1.29, 1.82) is 0 Å². The molecule has 32 heavy (non-hydrogen) atoms. The van der Waals surface area contributed by atoms with Crippen LogP contribution in [-0.4, -0.2) is 40.3 Å². The first-order chi connectivity index (χ1) is 15.4. The van der Waals surface area contributed by atoms with Gasteiger partial charge in [-0.2, -0.15) is 0 Å². The van der Waals surface area contributed by atoms with Gasteiger partial charge in [0, 0.05) is 48.2 Å². The molecule has 1 saturated carbocycles. The standard InChI is InChI=1S/C26H29FN2O3/c1-16-13-23(32-2)21(20-9-11-28-24(16)20)15-29-12-10-26(27,19-7-8-19)14-22(29)17-3-5-18(6-4-17)25(30)31/h3-6,9,11,13,19,22,28H,7-8,10,12,14-15H2,1-2H3,(H,30,31)/t22-,26?/m0/s1. The third-order valence-corrected chi connectivity index (χ3v) is 7.33. The molecule has 2 N–H and O–H groups in total. The molecule has 1 saturated heterocycles. The molecule has 1 aliphatic carbocycles. The molecule has 5 nitrogen and oxygen atoms in total. The number of nitrogens with zero attached hydrogens (tertiary/aromatic N) is 1. The molecule has 2 aromatic carbocycles. The summed E-state index contributed by atoms with van der Waals surface area (Å²) in [5.41, 5.74) is 3.39. The van der Waals surface area contributed by atoms with E-state index in [4.69, 9.17) is 4.74 Å². The molecule has 0 spiro atoms. The molecule has 1 aliphatic heterocycles. The van der Waals surface area contributed by atoms with Crippen LogP contribution in [-0.2, 0) is 6.54 Å². The number of aryl methyl sites for hydroxylation is 1. The third kappa shape index (κ3) is 3.66. The number of benzene rings is 2. The molecule has 0 amide bonds. The molecular weight excluding hydrogens is 407 g/mol. The van der Waals surface area contributed by atoms with Gasteiger partial charge < -0.3 is 14.8 Å². The van der Waals surface area contributed by atoms with Crippen molar-refractivity contribution in [3.05, 3.63) is 64.8 Å². The Balaban J connectivity index is 1.52. The zero-order chi connectivity index (χ0) is 22.5. The lowest BCUT2D eigenvalue weighted by Gasteiger charge is -2.43. The molecule has 2 aliphatic rings. The number of aromatic carboxylic acids is 1. The van der Waals surface area contributed by atoms with E-state index in [-0.39, 0.29) is 17.5 Å². The number of likely N-dealkylation sites (tertiary alicyclic amines) is 1. The van der Waals surface area contributed by atoms with E-state index in [1.54, 1.807) is 19.2 Å². The van der Waals surface area contributed by atoms with Crippen molar-refractivity contribution in [2.75, 3.05) is 13.7 Å². The quantitative estimate of drug-likeness (QED) is 0.525.